The van der Waals surface area contributed by atoms with Gasteiger partial charge in [-0.25, -0.2) is 0 Å². The number of piperidine rings is 1. The normalized spacial score (nSPS) is 21.0. The van der Waals surface area contributed by atoms with Crippen molar-refractivity contribution in [2.24, 2.45) is 0 Å². The van der Waals surface area contributed by atoms with E-state index in [2.05, 4.69) is 53.8 Å². The largest absolute Gasteiger partial charge is 0.375 e. The molecule has 4 atom stereocenters. The second-order valence-electron chi connectivity index (χ2n) is 9.87. The molecular formula is C34H37NO4. The van der Waals surface area contributed by atoms with Crippen molar-refractivity contribution in [1.29, 1.82) is 0 Å². The minimum absolute atomic E-state index is 0.0465. The Labute approximate surface area is 231 Å². The third-order valence-corrected chi connectivity index (χ3v) is 6.95. The fraction of sp³-hybridized carbons (Fsp3) is 0.294. The predicted molar refractivity (Wildman–Crippen MR) is 153 cm³/mol. The second-order valence-corrected chi connectivity index (χ2v) is 9.87. The van der Waals surface area contributed by atoms with Gasteiger partial charge in [-0.05, 0) is 22.3 Å². The molecule has 0 aromatic heterocycles. The molecule has 1 saturated heterocycles. The van der Waals surface area contributed by atoms with E-state index in [-0.39, 0.29) is 24.4 Å². The highest BCUT2D eigenvalue weighted by molar-refractivity contribution is 5.16. The minimum Gasteiger partial charge on any atom is -0.375 e. The Morgan fingerprint density at radius 2 is 0.897 bits per heavy atom. The van der Waals surface area contributed by atoms with Gasteiger partial charge < -0.3 is 24.3 Å². The molecule has 5 heteroatoms. The van der Waals surface area contributed by atoms with Gasteiger partial charge in [0.25, 0.3) is 0 Å². The molecule has 0 bridgehead atoms. The van der Waals surface area contributed by atoms with Crippen molar-refractivity contribution in [3.63, 3.8) is 0 Å². The van der Waals surface area contributed by atoms with Gasteiger partial charge in [0, 0.05) is 6.54 Å². The Hall–Kier alpha value is -3.32. The van der Waals surface area contributed by atoms with E-state index >= 15 is 0 Å². The molecule has 1 N–H and O–H groups in total. The van der Waals surface area contributed by atoms with Crippen LogP contribution in [0, 0.1) is 0 Å². The van der Waals surface area contributed by atoms with Crippen LogP contribution < -0.4 is 5.32 Å². The topological polar surface area (TPSA) is 49.0 Å². The van der Waals surface area contributed by atoms with Gasteiger partial charge in [-0.1, -0.05) is 121 Å². The van der Waals surface area contributed by atoms with Crippen molar-refractivity contribution >= 4 is 0 Å². The summed E-state index contributed by atoms with van der Waals surface area (Å²) in [5.74, 6) is 0. The van der Waals surface area contributed by atoms with Gasteiger partial charge in [-0.2, -0.15) is 0 Å². The van der Waals surface area contributed by atoms with Gasteiger partial charge in [0.1, 0.15) is 12.2 Å². The van der Waals surface area contributed by atoms with Crippen LogP contribution in [0.5, 0.6) is 0 Å². The molecule has 0 spiro atoms. The van der Waals surface area contributed by atoms with Crippen LogP contribution in [0.15, 0.2) is 121 Å². The standard InChI is InChI=1S/C34H37NO4/c1-5-13-27(14-6-1)22-36-26-31-33(38-24-29-17-9-3-10-18-29)34(39-25-30-19-11-4-12-20-30)32(21-35-31)37-23-28-15-7-2-8-16-28/h1-20,31-35H,21-26H2/t31?,32-,33-,34-/m1/s1. The van der Waals surface area contributed by atoms with E-state index in [0.29, 0.717) is 39.6 Å². The minimum atomic E-state index is -0.274. The molecule has 202 valence electrons. The number of rotatable bonds is 13. The van der Waals surface area contributed by atoms with Crippen LogP contribution in [0.25, 0.3) is 0 Å². The Kier molecular flexibility index (Phi) is 10.3. The number of benzene rings is 4. The molecule has 1 aliphatic rings. The van der Waals surface area contributed by atoms with E-state index in [1.807, 2.05) is 72.8 Å². The monoisotopic (exact) mass is 523 g/mol. The summed E-state index contributed by atoms with van der Waals surface area (Å²) < 4.78 is 25.9. The zero-order valence-electron chi connectivity index (χ0n) is 22.2. The summed E-state index contributed by atoms with van der Waals surface area (Å²) in [6, 6.07) is 41.0. The zero-order chi connectivity index (χ0) is 26.5. The molecule has 0 aliphatic carbocycles. The van der Waals surface area contributed by atoms with Crippen molar-refractivity contribution < 1.29 is 18.9 Å². The van der Waals surface area contributed by atoms with Gasteiger partial charge in [0.05, 0.1) is 45.2 Å². The zero-order valence-corrected chi connectivity index (χ0v) is 22.2. The summed E-state index contributed by atoms with van der Waals surface area (Å²) in [6.45, 7) is 3.19. The van der Waals surface area contributed by atoms with E-state index in [9.17, 15) is 0 Å². The van der Waals surface area contributed by atoms with E-state index < -0.39 is 0 Å². The third kappa shape index (κ3) is 8.33. The Morgan fingerprint density at radius 1 is 0.487 bits per heavy atom. The molecule has 5 nitrogen and oxygen atoms in total. The fourth-order valence-corrected chi connectivity index (χ4v) is 4.85. The lowest BCUT2D eigenvalue weighted by atomic mass is 9.95. The van der Waals surface area contributed by atoms with Crippen LogP contribution in [0.2, 0.25) is 0 Å². The highest BCUT2D eigenvalue weighted by Gasteiger charge is 2.42. The molecule has 1 unspecified atom stereocenters. The summed E-state index contributed by atoms with van der Waals surface area (Å²) in [7, 11) is 0. The summed E-state index contributed by atoms with van der Waals surface area (Å²) in [4.78, 5) is 0. The third-order valence-electron chi connectivity index (χ3n) is 6.95. The SMILES string of the molecule is c1ccc(COCC2NC[C@@H](OCc3ccccc3)[C@@H](OCc3ccccc3)[C@@H]2OCc2ccccc2)cc1. The summed E-state index contributed by atoms with van der Waals surface area (Å²) in [6.07, 6.45) is -0.719. The summed E-state index contributed by atoms with van der Waals surface area (Å²) in [5.41, 5.74) is 4.53. The summed E-state index contributed by atoms with van der Waals surface area (Å²) in [5, 5.41) is 3.65. The Morgan fingerprint density at radius 3 is 1.38 bits per heavy atom. The van der Waals surface area contributed by atoms with Crippen LogP contribution in [-0.4, -0.2) is 37.5 Å². The number of hydrogen-bond donors (Lipinski definition) is 1. The Balaban J connectivity index is 1.32. The lowest BCUT2D eigenvalue weighted by Gasteiger charge is -2.43. The lowest BCUT2D eigenvalue weighted by molar-refractivity contribution is -0.181. The van der Waals surface area contributed by atoms with E-state index in [0.717, 1.165) is 22.3 Å². The maximum absolute atomic E-state index is 6.62. The first-order valence-corrected chi connectivity index (χ1v) is 13.7. The molecule has 39 heavy (non-hydrogen) atoms. The maximum atomic E-state index is 6.62. The van der Waals surface area contributed by atoms with Gasteiger partial charge in [0.15, 0.2) is 0 Å². The first-order valence-electron chi connectivity index (χ1n) is 13.7. The number of ether oxygens (including phenoxy) is 4. The number of hydrogen-bond acceptors (Lipinski definition) is 5. The highest BCUT2D eigenvalue weighted by atomic mass is 16.6. The molecule has 0 radical (unpaired) electrons. The quantitative estimate of drug-likeness (QED) is 0.235. The van der Waals surface area contributed by atoms with Crippen molar-refractivity contribution in [2.75, 3.05) is 13.2 Å². The molecule has 1 fully saturated rings. The van der Waals surface area contributed by atoms with Crippen LogP contribution in [-0.2, 0) is 45.4 Å². The van der Waals surface area contributed by atoms with Crippen molar-refractivity contribution in [1.82, 2.24) is 5.32 Å². The van der Waals surface area contributed by atoms with Gasteiger partial charge in [-0.3, -0.25) is 0 Å². The smallest absolute Gasteiger partial charge is 0.113 e. The van der Waals surface area contributed by atoms with Crippen LogP contribution >= 0.6 is 0 Å². The van der Waals surface area contributed by atoms with Gasteiger partial charge in [0.2, 0.25) is 0 Å². The van der Waals surface area contributed by atoms with E-state index in [1.54, 1.807) is 0 Å². The van der Waals surface area contributed by atoms with Crippen molar-refractivity contribution in [3.8, 4) is 0 Å². The second kappa shape index (κ2) is 14.7. The number of nitrogens with one attached hydrogen (secondary N) is 1. The van der Waals surface area contributed by atoms with Crippen LogP contribution in [0.4, 0.5) is 0 Å². The molecule has 0 saturated carbocycles. The van der Waals surface area contributed by atoms with E-state index in [1.165, 1.54) is 0 Å². The fourth-order valence-electron chi connectivity index (χ4n) is 4.85. The molecule has 4 aromatic carbocycles. The molecule has 5 rings (SSSR count). The summed E-state index contributed by atoms with van der Waals surface area (Å²) >= 11 is 0. The van der Waals surface area contributed by atoms with Crippen molar-refractivity contribution in [2.45, 2.75) is 50.8 Å². The molecule has 0 amide bonds. The highest BCUT2D eigenvalue weighted by Crippen LogP contribution is 2.24. The lowest BCUT2D eigenvalue weighted by Crippen LogP contribution is -2.63. The Bertz CT molecular complexity index is 1210. The van der Waals surface area contributed by atoms with Gasteiger partial charge >= 0.3 is 0 Å². The maximum Gasteiger partial charge on any atom is 0.113 e. The van der Waals surface area contributed by atoms with E-state index in [4.69, 9.17) is 18.9 Å². The average molecular weight is 524 g/mol. The van der Waals surface area contributed by atoms with Crippen molar-refractivity contribution in [3.05, 3.63) is 144 Å². The van der Waals surface area contributed by atoms with Crippen LogP contribution in [0.3, 0.4) is 0 Å². The first kappa shape index (κ1) is 27.3. The molecule has 1 heterocycles. The van der Waals surface area contributed by atoms with Crippen LogP contribution in [0.1, 0.15) is 22.3 Å². The first-order chi connectivity index (χ1) is 19.3. The molecular weight excluding hydrogens is 486 g/mol. The van der Waals surface area contributed by atoms with Gasteiger partial charge in [-0.15, -0.1) is 0 Å². The predicted octanol–water partition coefficient (Wildman–Crippen LogP) is 5.93. The molecule has 1 aliphatic heterocycles. The molecule has 4 aromatic rings. The average Bonchev–Trinajstić information content (AvgIpc) is 3.00.